The molecule has 1 aliphatic rings. The van der Waals surface area contributed by atoms with Gasteiger partial charge in [0.25, 0.3) is 5.56 Å². The Morgan fingerprint density at radius 1 is 1.14 bits per heavy atom. The number of thioether (sulfide) groups is 1. The molecular weight excluding hydrogens is 493 g/mol. The minimum atomic E-state index is -1.11. The van der Waals surface area contributed by atoms with Crippen molar-refractivity contribution in [1.29, 1.82) is 0 Å². The summed E-state index contributed by atoms with van der Waals surface area (Å²) in [6.45, 7) is 0. The lowest BCUT2D eigenvalue weighted by Crippen LogP contribution is -2.29. The number of rotatable bonds is 7. The van der Waals surface area contributed by atoms with E-state index in [1.807, 2.05) is 0 Å². The van der Waals surface area contributed by atoms with E-state index >= 15 is 0 Å². The number of aromatic amines is 2. The minimum Gasteiger partial charge on any atom is -0.497 e. The summed E-state index contributed by atoms with van der Waals surface area (Å²) in [4.78, 5) is 57.6. The first-order valence-corrected chi connectivity index (χ1v) is 11.4. The average Bonchev–Trinajstić information content (AvgIpc) is 3.17. The first-order valence-electron chi connectivity index (χ1n) is 10.5. The Balaban J connectivity index is 1.59. The summed E-state index contributed by atoms with van der Waals surface area (Å²) in [6, 6.07) is 10.6. The molecule has 5 N–H and O–H groups in total. The summed E-state index contributed by atoms with van der Waals surface area (Å²) in [5.74, 6) is -1.50. The highest BCUT2D eigenvalue weighted by Crippen LogP contribution is 2.32. The molecule has 1 saturated heterocycles. The number of hydrogen-bond acceptors (Lipinski definition) is 8. The van der Waals surface area contributed by atoms with Crippen molar-refractivity contribution in [2.45, 2.75) is 17.7 Å². The number of aliphatic imine (C=N–C) groups is 1. The smallest absolute Gasteiger partial charge is 0.328 e. The molecule has 2 heterocycles. The van der Waals surface area contributed by atoms with Gasteiger partial charge in [-0.05, 0) is 42.0 Å². The van der Waals surface area contributed by atoms with Gasteiger partial charge in [0, 0.05) is 12.1 Å². The molecule has 186 valence electrons. The number of hydrogen-bond donors (Lipinski definition) is 5. The van der Waals surface area contributed by atoms with Gasteiger partial charge in [-0.1, -0.05) is 23.9 Å². The predicted octanol–water partition coefficient (Wildman–Crippen LogP) is 1.62. The Kier molecular flexibility index (Phi) is 7.20. The number of carbonyl (C=O) groups excluding carboxylic acids is 2. The van der Waals surface area contributed by atoms with Crippen LogP contribution in [-0.4, -0.2) is 44.4 Å². The summed E-state index contributed by atoms with van der Waals surface area (Å²) in [5.41, 5.74) is -1.14. The maximum atomic E-state index is 13.1. The number of H-pyrrole nitrogens is 2. The molecule has 1 fully saturated rings. The van der Waals surface area contributed by atoms with Crippen LogP contribution in [0.1, 0.15) is 23.6 Å². The van der Waals surface area contributed by atoms with Gasteiger partial charge in [-0.3, -0.25) is 24.4 Å². The van der Waals surface area contributed by atoms with Gasteiger partial charge in [0.1, 0.15) is 28.4 Å². The van der Waals surface area contributed by atoms with Crippen LogP contribution in [0.25, 0.3) is 0 Å². The second-order valence-electron chi connectivity index (χ2n) is 7.64. The van der Waals surface area contributed by atoms with Crippen LogP contribution in [0, 0.1) is 5.82 Å². The van der Waals surface area contributed by atoms with E-state index < -0.39 is 46.1 Å². The van der Waals surface area contributed by atoms with Crippen molar-refractivity contribution in [3.63, 3.8) is 0 Å². The lowest BCUT2D eigenvalue weighted by molar-refractivity contribution is -0.122. The van der Waals surface area contributed by atoms with Crippen molar-refractivity contribution in [3.8, 4) is 11.6 Å². The monoisotopic (exact) mass is 513 g/mol. The number of carbonyl (C=O) groups is 2. The largest absolute Gasteiger partial charge is 0.497 e. The van der Waals surface area contributed by atoms with Crippen molar-refractivity contribution < 1.29 is 23.8 Å². The lowest BCUT2D eigenvalue weighted by atomic mass is 10.0. The number of halogens is 1. The Bertz CT molecular complexity index is 1440. The molecule has 4 rings (SSSR count). The molecule has 1 aromatic heterocycles. The van der Waals surface area contributed by atoms with Gasteiger partial charge >= 0.3 is 5.69 Å². The highest BCUT2D eigenvalue weighted by atomic mass is 32.2. The van der Waals surface area contributed by atoms with E-state index in [9.17, 15) is 28.7 Å². The van der Waals surface area contributed by atoms with Crippen LogP contribution in [0.3, 0.4) is 0 Å². The van der Waals surface area contributed by atoms with Gasteiger partial charge in [-0.2, -0.15) is 0 Å². The van der Waals surface area contributed by atoms with Crippen molar-refractivity contribution in [1.82, 2.24) is 15.3 Å². The fourth-order valence-electron chi connectivity index (χ4n) is 3.46. The number of ether oxygens (including phenoxy) is 1. The molecule has 36 heavy (non-hydrogen) atoms. The number of amides is 2. The molecule has 13 heteroatoms. The molecule has 1 aliphatic heterocycles. The quantitative estimate of drug-likeness (QED) is 0.320. The maximum Gasteiger partial charge on any atom is 0.328 e. The van der Waals surface area contributed by atoms with Crippen LogP contribution in [-0.2, 0) is 9.59 Å². The van der Waals surface area contributed by atoms with Crippen LogP contribution in [0.4, 0.5) is 10.1 Å². The summed E-state index contributed by atoms with van der Waals surface area (Å²) in [7, 11) is 1.49. The zero-order valence-corrected chi connectivity index (χ0v) is 19.5. The Morgan fingerprint density at radius 3 is 2.47 bits per heavy atom. The first kappa shape index (κ1) is 24.7. The van der Waals surface area contributed by atoms with Crippen LogP contribution < -0.4 is 26.6 Å². The molecule has 2 amide bonds. The van der Waals surface area contributed by atoms with Crippen LogP contribution >= 0.6 is 11.8 Å². The predicted molar refractivity (Wildman–Crippen MR) is 131 cm³/mol. The Labute approximate surface area is 206 Å². The number of methoxy groups -OCH3 is 1. The van der Waals surface area contributed by atoms with E-state index in [1.54, 1.807) is 24.3 Å². The molecule has 0 saturated carbocycles. The molecule has 2 atom stereocenters. The first-order chi connectivity index (χ1) is 17.2. The molecular formula is C23H20FN5O6S. The summed E-state index contributed by atoms with van der Waals surface area (Å²) in [5, 5.41) is 14.8. The molecule has 2 unspecified atom stereocenters. The zero-order valence-electron chi connectivity index (χ0n) is 18.7. The molecule has 0 bridgehead atoms. The highest BCUT2D eigenvalue weighted by Gasteiger charge is 2.33. The highest BCUT2D eigenvalue weighted by molar-refractivity contribution is 8.15. The minimum absolute atomic E-state index is 0.116. The standard InChI is InChI=1S/C23H20FN5O6S/c1-35-14-8-2-11(3-9-14)18(17-20(32)27-22(34)28-21(17)33)26-23-29-19(31)15(36-23)10-16(30)25-13-6-4-12(24)5-7-13/h2-9,15,18H,10H2,1H3,(H,25,30)(H,26,29,31)(H3,27,28,32,33,34). The van der Waals surface area contributed by atoms with Crippen molar-refractivity contribution in [2.24, 2.45) is 4.99 Å². The van der Waals surface area contributed by atoms with E-state index in [2.05, 4.69) is 25.6 Å². The molecule has 0 radical (unpaired) electrons. The summed E-state index contributed by atoms with van der Waals surface area (Å²) >= 11 is 0.978. The number of nitrogens with zero attached hydrogens (tertiary/aromatic N) is 1. The van der Waals surface area contributed by atoms with Gasteiger partial charge in [0.2, 0.25) is 17.7 Å². The molecule has 11 nitrogen and oxygen atoms in total. The van der Waals surface area contributed by atoms with Gasteiger partial charge in [-0.25, -0.2) is 14.2 Å². The fourth-order valence-corrected chi connectivity index (χ4v) is 4.46. The third-order valence-corrected chi connectivity index (χ3v) is 6.28. The second-order valence-corrected chi connectivity index (χ2v) is 8.83. The van der Waals surface area contributed by atoms with Crippen molar-refractivity contribution >= 4 is 34.4 Å². The number of nitrogens with one attached hydrogen (secondary N) is 4. The van der Waals surface area contributed by atoms with Crippen LogP contribution in [0.15, 0.2) is 63.1 Å². The second kappa shape index (κ2) is 10.5. The van der Waals surface area contributed by atoms with Gasteiger partial charge < -0.3 is 20.5 Å². The van der Waals surface area contributed by atoms with Crippen molar-refractivity contribution in [3.05, 3.63) is 86.3 Å². The lowest BCUT2D eigenvalue weighted by Gasteiger charge is -2.15. The number of aromatic nitrogens is 2. The maximum absolute atomic E-state index is 13.1. The molecule has 0 aliphatic carbocycles. The number of anilines is 1. The van der Waals surface area contributed by atoms with Crippen LogP contribution in [0.2, 0.25) is 0 Å². The van der Waals surface area contributed by atoms with E-state index in [4.69, 9.17) is 4.74 Å². The van der Waals surface area contributed by atoms with Crippen LogP contribution in [0.5, 0.6) is 11.6 Å². The summed E-state index contributed by atoms with van der Waals surface area (Å²) in [6.07, 6.45) is -0.190. The summed E-state index contributed by atoms with van der Waals surface area (Å²) < 4.78 is 18.2. The van der Waals surface area contributed by atoms with Gasteiger partial charge in [0.05, 0.1) is 7.11 Å². The fraction of sp³-hybridized carbons (Fsp3) is 0.174. The number of aromatic hydroxyl groups is 1. The van der Waals surface area contributed by atoms with E-state index in [1.165, 1.54) is 31.4 Å². The van der Waals surface area contributed by atoms with E-state index in [0.717, 1.165) is 11.8 Å². The van der Waals surface area contributed by atoms with Gasteiger partial charge in [-0.15, -0.1) is 0 Å². The number of benzene rings is 2. The van der Waals surface area contributed by atoms with Gasteiger partial charge in [0.15, 0.2) is 5.17 Å². The van der Waals surface area contributed by atoms with E-state index in [0.29, 0.717) is 17.0 Å². The van der Waals surface area contributed by atoms with E-state index in [-0.39, 0.29) is 17.2 Å². The topological polar surface area (TPSA) is 166 Å². The Hall–Kier alpha value is -4.39. The third kappa shape index (κ3) is 5.63. The molecule has 0 spiro atoms. The zero-order chi connectivity index (χ0) is 25.8. The molecule has 2 aromatic carbocycles. The normalized spacial score (nSPS) is 17.0. The Morgan fingerprint density at radius 2 is 1.83 bits per heavy atom. The third-order valence-electron chi connectivity index (χ3n) is 5.19. The SMILES string of the molecule is COc1ccc(C(N=C2NC(=O)C(CC(=O)Nc3ccc(F)cc3)S2)c2c(O)[nH]c(=O)[nH]c2=O)cc1. The number of amidine groups is 1. The average molecular weight is 514 g/mol. The van der Waals surface area contributed by atoms with Crippen molar-refractivity contribution in [2.75, 3.05) is 12.4 Å². The molecule has 3 aromatic rings.